The second-order valence-corrected chi connectivity index (χ2v) is 29.0. The van der Waals surface area contributed by atoms with Gasteiger partial charge in [-0.25, -0.2) is 0 Å². The zero-order valence-corrected chi connectivity index (χ0v) is 64.5. The van der Waals surface area contributed by atoms with Gasteiger partial charge in [0.05, 0.1) is 22.7 Å². The van der Waals surface area contributed by atoms with E-state index in [0.29, 0.717) is 0 Å². The van der Waals surface area contributed by atoms with Gasteiger partial charge in [0.25, 0.3) is 0 Å². The minimum absolute atomic E-state index is 1.12. The average Bonchev–Trinajstić information content (AvgIpc) is 0.708. The Morgan fingerprint density at radius 3 is 0.800 bits per heavy atom. The Hall–Kier alpha value is -15.0. The third-order valence-electron chi connectivity index (χ3n) is 22.0. The van der Waals surface area contributed by atoms with Crippen molar-refractivity contribution in [3.63, 3.8) is 0 Å². The summed E-state index contributed by atoms with van der Waals surface area (Å²) in [7, 11) is 6.43. The van der Waals surface area contributed by atoms with Gasteiger partial charge in [0, 0.05) is 111 Å². The second-order valence-electron chi connectivity index (χ2n) is 29.0. The molecule has 0 aliphatic heterocycles. The highest BCUT2D eigenvalue weighted by atomic mass is 15.2. The molecule has 0 bridgehead atoms. The van der Waals surface area contributed by atoms with Gasteiger partial charge in [-0.1, -0.05) is 285 Å². The first-order chi connectivity index (χ1) is 56.8. The first-order valence-corrected chi connectivity index (χ1v) is 39.3. The highest BCUT2D eigenvalue weighted by Crippen LogP contribution is 2.46. The van der Waals surface area contributed by atoms with Crippen molar-refractivity contribution in [2.75, 3.05) is 50.5 Å². The van der Waals surface area contributed by atoms with E-state index < -0.39 is 0 Å². The molecular weight excluding hydrogens is 1390 g/mol. The number of hydrogen-bond donors (Lipinski definition) is 0. The molecule has 0 amide bonds. The molecule has 0 saturated heterocycles. The topological polar surface area (TPSA) is 19.4 Å². The van der Waals surface area contributed by atoms with E-state index in [1.165, 1.54) is 115 Å². The van der Waals surface area contributed by atoms with Gasteiger partial charge in [-0.3, -0.25) is 0 Å². The fourth-order valence-corrected chi connectivity index (χ4v) is 16.1. The number of para-hydroxylation sites is 3. The van der Waals surface area contributed by atoms with E-state index in [2.05, 4.69) is 506 Å². The first-order valence-electron chi connectivity index (χ1n) is 39.3. The number of fused-ring (bicyclic) bond motifs is 7. The van der Waals surface area contributed by atoms with Crippen molar-refractivity contribution >= 4 is 161 Å². The van der Waals surface area contributed by atoms with E-state index in [-0.39, 0.29) is 0 Å². The summed E-state index contributed by atoms with van der Waals surface area (Å²) in [5.74, 6) is 0. The molecule has 0 radical (unpaired) electrons. The van der Waals surface area contributed by atoms with Gasteiger partial charge < -0.3 is 29.4 Å². The third kappa shape index (κ3) is 14.9. The molecular formula is C109H84N6. The van der Waals surface area contributed by atoms with Crippen LogP contribution in [0.25, 0.3) is 86.5 Å². The average molecular weight is 1480 g/mol. The van der Waals surface area contributed by atoms with Crippen LogP contribution in [0.2, 0.25) is 0 Å². The summed E-state index contributed by atoms with van der Waals surface area (Å²) in [6.45, 7) is 0. The lowest BCUT2D eigenvalue weighted by atomic mass is 10.00. The molecule has 0 aromatic heterocycles. The lowest BCUT2D eigenvalue weighted by molar-refractivity contribution is 1.20. The molecule has 6 nitrogen and oxygen atoms in total. The van der Waals surface area contributed by atoms with Crippen molar-refractivity contribution in [3.05, 3.63) is 455 Å². The van der Waals surface area contributed by atoms with Crippen LogP contribution in [0.5, 0.6) is 0 Å². The van der Waals surface area contributed by atoms with Crippen molar-refractivity contribution in [2.24, 2.45) is 0 Å². The number of benzene rings is 20. The van der Waals surface area contributed by atoms with Crippen LogP contribution in [0, 0.1) is 0 Å². The van der Waals surface area contributed by atoms with Crippen molar-refractivity contribution < 1.29 is 0 Å². The molecule has 0 aliphatic carbocycles. The van der Waals surface area contributed by atoms with E-state index in [0.717, 1.165) is 56.9 Å². The van der Waals surface area contributed by atoms with E-state index in [1.807, 2.05) is 0 Å². The predicted octanol–water partition coefficient (Wildman–Crippen LogP) is 30.5. The fourth-order valence-electron chi connectivity index (χ4n) is 16.1. The van der Waals surface area contributed by atoms with Crippen LogP contribution >= 0.6 is 0 Å². The Morgan fingerprint density at radius 2 is 0.391 bits per heavy atom. The Balaban J connectivity index is 0.000000120. The maximum absolute atomic E-state index is 2.35. The molecule has 6 heteroatoms. The van der Waals surface area contributed by atoms with Crippen LogP contribution < -0.4 is 29.4 Å². The van der Waals surface area contributed by atoms with Crippen LogP contribution in [0.4, 0.5) is 85.3 Å². The summed E-state index contributed by atoms with van der Waals surface area (Å²) in [6.07, 6.45) is 0. The molecule has 115 heavy (non-hydrogen) atoms. The maximum Gasteiger partial charge on any atom is 0.0567 e. The summed E-state index contributed by atoms with van der Waals surface area (Å²) in [5, 5.41) is 17.4. The summed E-state index contributed by atoms with van der Waals surface area (Å²) in [4.78, 5) is 13.8. The molecule has 0 unspecified atom stereocenters. The lowest BCUT2D eigenvalue weighted by Gasteiger charge is -2.28. The zero-order chi connectivity index (χ0) is 77.4. The lowest BCUT2D eigenvalue weighted by Crippen LogP contribution is -2.12. The Morgan fingerprint density at radius 1 is 0.139 bits per heavy atom. The zero-order valence-electron chi connectivity index (χ0n) is 64.5. The van der Waals surface area contributed by atoms with Crippen molar-refractivity contribution in [1.82, 2.24) is 0 Å². The Kier molecular flexibility index (Phi) is 20.3. The van der Waals surface area contributed by atoms with Crippen LogP contribution in [0.15, 0.2) is 455 Å². The van der Waals surface area contributed by atoms with Gasteiger partial charge >= 0.3 is 0 Å². The van der Waals surface area contributed by atoms with Gasteiger partial charge in [0.15, 0.2) is 0 Å². The minimum atomic E-state index is 1.12. The minimum Gasteiger partial charge on any atom is -0.345 e. The van der Waals surface area contributed by atoms with E-state index in [4.69, 9.17) is 0 Å². The SMILES string of the molecule is CN(c1ccc(N(c2ccccc2)c2cccc3ccccc23)cc1)c1c2ccccc2cc2ccccc12.CN(c1ccc(N(c2ccccc2)c2cccc3ccccc23)cc1)c1ccc2cc3ccccc3cc2c1.CN(c1ccc(N(c2ccccc2)c2cccc3ccccc23)cc1)c1cccc(-c2ccccc2)c1. The first kappa shape index (κ1) is 71.6. The van der Waals surface area contributed by atoms with Crippen molar-refractivity contribution in [3.8, 4) is 11.1 Å². The van der Waals surface area contributed by atoms with Crippen LogP contribution in [0.3, 0.4) is 0 Å². The highest BCUT2D eigenvalue weighted by Gasteiger charge is 2.21. The van der Waals surface area contributed by atoms with E-state index in [1.54, 1.807) is 0 Å². The van der Waals surface area contributed by atoms with E-state index >= 15 is 0 Å². The number of rotatable bonds is 16. The highest BCUT2D eigenvalue weighted by molar-refractivity contribution is 6.13. The standard InChI is InChI=1S/2C37H28N2.C35H28N2/c1-38(37-34-19-9-6-13-28(34)26-29-14-7-10-20-35(29)37)30-22-24-32(25-23-30)39(31-16-3-2-4-17-31)36-21-11-15-27-12-5-8-18-33(27)36;1-38(35-19-18-30-24-28-11-5-6-12-29(28)25-31(30)26-35)32-20-22-34(23-21-32)39(33-14-3-2-4-15-33)37-17-9-13-27-10-7-8-16-36(27)37;1-36(33-19-10-16-29(26-33)27-12-4-2-5-13-27)30-22-24-32(25-23-30)37(31-17-6-3-7-18-31)35-21-11-15-28-14-8-9-20-34(28)35/h2*2-26H,1H3;2-26H,1H3. The summed E-state index contributed by atoms with van der Waals surface area (Å²) < 4.78 is 0. The summed E-state index contributed by atoms with van der Waals surface area (Å²) in [6, 6.07) is 162. The van der Waals surface area contributed by atoms with Gasteiger partial charge in [0.2, 0.25) is 0 Å². The smallest absolute Gasteiger partial charge is 0.0567 e. The summed E-state index contributed by atoms with van der Waals surface area (Å²) >= 11 is 0. The molecule has 0 fully saturated rings. The molecule has 20 aromatic carbocycles. The van der Waals surface area contributed by atoms with Gasteiger partial charge in [-0.05, 0) is 229 Å². The molecule has 0 aliphatic rings. The summed E-state index contributed by atoms with van der Waals surface area (Å²) in [5.41, 5.74) is 19.7. The monoisotopic (exact) mass is 1480 g/mol. The van der Waals surface area contributed by atoms with Gasteiger partial charge in [-0.2, -0.15) is 0 Å². The normalized spacial score (nSPS) is 11.1. The molecule has 0 saturated carbocycles. The Labute approximate surface area is 673 Å². The van der Waals surface area contributed by atoms with E-state index in [9.17, 15) is 0 Å². The second kappa shape index (κ2) is 32.5. The van der Waals surface area contributed by atoms with Crippen LogP contribution in [-0.4, -0.2) is 21.1 Å². The number of nitrogens with zero attached hydrogens (tertiary/aromatic N) is 6. The van der Waals surface area contributed by atoms with Gasteiger partial charge in [0.1, 0.15) is 0 Å². The molecule has 20 aromatic rings. The van der Waals surface area contributed by atoms with Crippen LogP contribution in [-0.2, 0) is 0 Å². The molecule has 0 N–H and O–H groups in total. The molecule has 0 atom stereocenters. The van der Waals surface area contributed by atoms with Gasteiger partial charge in [-0.15, -0.1) is 0 Å². The van der Waals surface area contributed by atoms with Crippen molar-refractivity contribution in [1.29, 1.82) is 0 Å². The maximum atomic E-state index is 2.35. The molecule has 550 valence electrons. The van der Waals surface area contributed by atoms with Crippen molar-refractivity contribution in [2.45, 2.75) is 0 Å². The predicted molar refractivity (Wildman–Crippen MR) is 495 cm³/mol. The molecule has 0 heterocycles. The molecule has 0 spiro atoms. The largest absolute Gasteiger partial charge is 0.345 e. The molecule has 20 rings (SSSR count). The quantitative estimate of drug-likeness (QED) is 0.0892. The third-order valence-corrected chi connectivity index (χ3v) is 22.0. The van der Waals surface area contributed by atoms with Crippen LogP contribution in [0.1, 0.15) is 0 Å². The number of anilines is 15. The Bertz CT molecular complexity index is 6710. The number of hydrogen-bond acceptors (Lipinski definition) is 6. The fraction of sp³-hybridized carbons (Fsp3) is 0.0275.